The number of rotatable bonds is 6. The van der Waals surface area contributed by atoms with Gasteiger partial charge in [0.1, 0.15) is 12.4 Å². The van der Waals surface area contributed by atoms with Crippen LogP contribution >= 0.6 is 0 Å². The molecule has 1 aliphatic carbocycles. The SMILES string of the molecule is CC1CC(OCc2cc(CNC(C)C)co2)CC(C)(C)C1. The molecule has 0 bridgehead atoms. The van der Waals surface area contributed by atoms with Gasteiger partial charge in [0.15, 0.2) is 0 Å². The molecule has 120 valence electrons. The maximum absolute atomic E-state index is 6.10. The standard InChI is InChI=1S/C18H31NO2/c1-13(2)19-10-15-7-17(20-11-15)12-21-16-6-14(3)8-18(4,5)9-16/h7,11,13-14,16,19H,6,8-10,12H2,1-5H3. The van der Waals surface area contributed by atoms with E-state index in [4.69, 9.17) is 9.15 Å². The van der Waals surface area contributed by atoms with Gasteiger partial charge in [0, 0.05) is 18.2 Å². The van der Waals surface area contributed by atoms with Gasteiger partial charge >= 0.3 is 0 Å². The smallest absolute Gasteiger partial charge is 0.129 e. The maximum Gasteiger partial charge on any atom is 0.129 e. The first-order valence-corrected chi connectivity index (χ1v) is 8.25. The van der Waals surface area contributed by atoms with Crippen LogP contribution in [0.2, 0.25) is 0 Å². The van der Waals surface area contributed by atoms with Gasteiger partial charge in [0.05, 0.1) is 12.4 Å². The normalized spacial score (nSPS) is 25.4. The maximum atomic E-state index is 6.10. The van der Waals surface area contributed by atoms with Crippen LogP contribution in [0.15, 0.2) is 16.7 Å². The van der Waals surface area contributed by atoms with Crippen LogP contribution in [0, 0.1) is 11.3 Å². The van der Waals surface area contributed by atoms with Crippen LogP contribution in [0.3, 0.4) is 0 Å². The van der Waals surface area contributed by atoms with E-state index in [1.807, 2.05) is 6.26 Å². The minimum atomic E-state index is 0.367. The Hall–Kier alpha value is -0.800. The van der Waals surface area contributed by atoms with Gasteiger partial charge in [-0.2, -0.15) is 0 Å². The van der Waals surface area contributed by atoms with Crippen molar-refractivity contribution in [2.24, 2.45) is 11.3 Å². The van der Waals surface area contributed by atoms with Gasteiger partial charge in [0.2, 0.25) is 0 Å². The van der Waals surface area contributed by atoms with Crippen molar-refractivity contribution in [1.29, 1.82) is 0 Å². The van der Waals surface area contributed by atoms with Crippen molar-refractivity contribution in [3.05, 3.63) is 23.7 Å². The van der Waals surface area contributed by atoms with Gasteiger partial charge in [-0.15, -0.1) is 0 Å². The van der Waals surface area contributed by atoms with Crippen molar-refractivity contribution in [2.45, 2.75) is 79.2 Å². The van der Waals surface area contributed by atoms with Crippen molar-refractivity contribution < 1.29 is 9.15 Å². The molecule has 0 amide bonds. The zero-order chi connectivity index (χ0) is 15.5. The van der Waals surface area contributed by atoms with Gasteiger partial charge < -0.3 is 14.5 Å². The summed E-state index contributed by atoms with van der Waals surface area (Å²) in [5, 5.41) is 3.40. The average Bonchev–Trinajstić information content (AvgIpc) is 2.79. The van der Waals surface area contributed by atoms with Gasteiger partial charge in [-0.25, -0.2) is 0 Å². The van der Waals surface area contributed by atoms with Crippen molar-refractivity contribution in [1.82, 2.24) is 5.32 Å². The Labute approximate surface area is 129 Å². The molecule has 1 saturated carbocycles. The minimum absolute atomic E-state index is 0.367. The highest BCUT2D eigenvalue weighted by Gasteiger charge is 2.32. The van der Waals surface area contributed by atoms with Crippen LogP contribution < -0.4 is 5.32 Å². The summed E-state index contributed by atoms with van der Waals surface area (Å²) in [6.07, 6.45) is 5.83. The third kappa shape index (κ3) is 5.48. The summed E-state index contributed by atoms with van der Waals surface area (Å²) in [7, 11) is 0. The van der Waals surface area contributed by atoms with Crippen molar-refractivity contribution in [3.63, 3.8) is 0 Å². The Morgan fingerprint density at radius 3 is 2.81 bits per heavy atom. The quantitative estimate of drug-likeness (QED) is 0.838. The zero-order valence-electron chi connectivity index (χ0n) is 14.2. The highest BCUT2D eigenvalue weighted by atomic mass is 16.5. The van der Waals surface area contributed by atoms with Crippen LogP contribution in [0.1, 0.15) is 65.2 Å². The molecule has 1 N–H and O–H groups in total. The van der Waals surface area contributed by atoms with E-state index < -0.39 is 0 Å². The van der Waals surface area contributed by atoms with Crippen molar-refractivity contribution in [3.8, 4) is 0 Å². The van der Waals surface area contributed by atoms with Crippen LogP contribution in [0.25, 0.3) is 0 Å². The van der Waals surface area contributed by atoms with E-state index in [-0.39, 0.29) is 0 Å². The molecular formula is C18H31NO2. The minimum Gasteiger partial charge on any atom is -0.467 e. The molecule has 1 heterocycles. The molecule has 2 atom stereocenters. The van der Waals surface area contributed by atoms with Gasteiger partial charge in [0.25, 0.3) is 0 Å². The Kier molecular flexibility index (Phi) is 5.50. The third-order valence-electron chi connectivity index (χ3n) is 4.23. The van der Waals surface area contributed by atoms with E-state index in [0.29, 0.717) is 24.2 Å². The lowest BCUT2D eigenvalue weighted by Gasteiger charge is -2.38. The van der Waals surface area contributed by atoms with E-state index in [2.05, 4.69) is 46.0 Å². The molecule has 0 aromatic carbocycles. The monoisotopic (exact) mass is 293 g/mol. The first-order chi connectivity index (χ1) is 9.84. The number of nitrogens with one attached hydrogen (secondary N) is 1. The molecule has 21 heavy (non-hydrogen) atoms. The van der Waals surface area contributed by atoms with Crippen molar-refractivity contribution in [2.75, 3.05) is 0 Å². The predicted octanol–water partition coefficient (Wildman–Crippen LogP) is 4.51. The number of furan rings is 1. The largest absolute Gasteiger partial charge is 0.467 e. The zero-order valence-corrected chi connectivity index (χ0v) is 14.2. The molecule has 1 aliphatic rings. The molecule has 1 fully saturated rings. The third-order valence-corrected chi connectivity index (χ3v) is 4.23. The Morgan fingerprint density at radius 1 is 1.38 bits per heavy atom. The van der Waals surface area contributed by atoms with Crippen LogP contribution in [-0.2, 0) is 17.9 Å². The molecule has 2 unspecified atom stereocenters. The number of hydrogen-bond acceptors (Lipinski definition) is 3. The summed E-state index contributed by atoms with van der Waals surface area (Å²) in [5.41, 5.74) is 1.59. The summed E-state index contributed by atoms with van der Waals surface area (Å²) >= 11 is 0. The van der Waals surface area contributed by atoms with Crippen molar-refractivity contribution >= 4 is 0 Å². The van der Waals surface area contributed by atoms with Crippen LogP contribution in [0.5, 0.6) is 0 Å². The molecule has 0 aliphatic heterocycles. The van der Waals surface area contributed by atoms with E-state index in [9.17, 15) is 0 Å². The first-order valence-electron chi connectivity index (χ1n) is 8.25. The summed E-state index contributed by atoms with van der Waals surface area (Å²) in [6, 6.07) is 2.60. The molecule has 1 aromatic heterocycles. The lowest BCUT2D eigenvalue weighted by Crippen LogP contribution is -2.32. The van der Waals surface area contributed by atoms with Gasteiger partial charge in [-0.1, -0.05) is 34.6 Å². The van der Waals surface area contributed by atoms with E-state index >= 15 is 0 Å². The second-order valence-corrected chi connectivity index (χ2v) is 7.80. The highest BCUT2D eigenvalue weighted by Crippen LogP contribution is 2.39. The molecule has 3 heteroatoms. The summed E-state index contributed by atoms with van der Waals surface area (Å²) < 4.78 is 11.7. The molecular weight excluding hydrogens is 262 g/mol. The average molecular weight is 293 g/mol. The Bertz CT molecular complexity index is 436. The molecule has 0 spiro atoms. The summed E-state index contributed by atoms with van der Waals surface area (Å²) in [5.74, 6) is 1.69. The molecule has 0 saturated heterocycles. The van der Waals surface area contributed by atoms with E-state index in [0.717, 1.165) is 24.6 Å². The first kappa shape index (κ1) is 16.6. The van der Waals surface area contributed by atoms with E-state index in [1.165, 1.54) is 18.4 Å². The van der Waals surface area contributed by atoms with Crippen LogP contribution in [0.4, 0.5) is 0 Å². The lowest BCUT2D eigenvalue weighted by atomic mass is 9.71. The lowest BCUT2D eigenvalue weighted by molar-refractivity contribution is -0.0368. The Morgan fingerprint density at radius 2 is 2.14 bits per heavy atom. The fourth-order valence-corrected chi connectivity index (χ4v) is 3.50. The second kappa shape index (κ2) is 6.97. The number of ether oxygens (including phenoxy) is 1. The molecule has 3 nitrogen and oxygen atoms in total. The molecule has 1 aromatic rings. The van der Waals surface area contributed by atoms with Gasteiger partial charge in [-0.05, 0) is 36.7 Å². The van der Waals surface area contributed by atoms with Crippen LogP contribution in [-0.4, -0.2) is 12.1 Å². The fourth-order valence-electron chi connectivity index (χ4n) is 3.50. The fraction of sp³-hybridized carbons (Fsp3) is 0.778. The van der Waals surface area contributed by atoms with E-state index in [1.54, 1.807) is 0 Å². The molecule has 0 radical (unpaired) electrons. The predicted molar refractivity (Wildman–Crippen MR) is 86.1 cm³/mol. The topological polar surface area (TPSA) is 34.4 Å². The Balaban J connectivity index is 1.80. The highest BCUT2D eigenvalue weighted by molar-refractivity contribution is 5.12. The molecule has 2 rings (SSSR count). The summed E-state index contributed by atoms with van der Waals surface area (Å²) in [4.78, 5) is 0. The van der Waals surface area contributed by atoms with Gasteiger partial charge in [-0.3, -0.25) is 0 Å². The number of hydrogen-bond donors (Lipinski definition) is 1. The summed E-state index contributed by atoms with van der Waals surface area (Å²) in [6.45, 7) is 12.8. The second-order valence-electron chi connectivity index (χ2n) is 7.80.